The number of aliphatic hydroxyl groups excluding tert-OH is 2. The number of unbranched alkanes of at least 4 members (excludes halogenated alkanes) is 32. The molecule has 0 saturated heterocycles. The molecule has 0 aliphatic rings. The van der Waals surface area contributed by atoms with Gasteiger partial charge in [0.25, 0.3) is 0 Å². The van der Waals surface area contributed by atoms with E-state index in [4.69, 9.17) is 4.74 Å². The van der Waals surface area contributed by atoms with Crippen molar-refractivity contribution < 1.29 is 24.5 Å². The van der Waals surface area contributed by atoms with Crippen LogP contribution in [0, 0.1) is 0 Å². The highest BCUT2D eigenvalue weighted by molar-refractivity contribution is 5.76. The number of nitrogens with one attached hydrogen (secondary N) is 1. The zero-order valence-electron chi connectivity index (χ0n) is 39.2. The predicted molar refractivity (Wildman–Crippen MR) is 255 cm³/mol. The van der Waals surface area contributed by atoms with Crippen molar-refractivity contribution in [3.05, 3.63) is 36.5 Å². The molecule has 0 fully saturated rings. The van der Waals surface area contributed by atoms with Gasteiger partial charge in [0.05, 0.1) is 25.4 Å². The number of rotatable bonds is 47. The largest absolute Gasteiger partial charge is 0.466 e. The molecule has 0 bridgehead atoms. The molecule has 0 aromatic carbocycles. The highest BCUT2D eigenvalue weighted by atomic mass is 16.5. The molecule has 59 heavy (non-hydrogen) atoms. The molecule has 0 rings (SSSR count). The first-order valence-corrected chi connectivity index (χ1v) is 25.8. The number of carbonyl (C=O) groups excluding carboxylic acids is 2. The minimum Gasteiger partial charge on any atom is -0.466 e. The lowest BCUT2D eigenvalue weighted by atomic mass is 10.0. The van der Waals surface area contributed by atoms with Crippen LogP contribution in [0.4, 0.5) is 0 Å². The molecule has 0 aliphatic heterocycles. The van der Waals surface area contributed by atoms with Gasteiger partial charge in [-0.3, -0.25) is 9.59 Å². The second-order valence-corrected chi connectivity index (χ2v) is 17.5. The molecule has 0 radical (unpaired) electrons. The Morgan fingerprint density at radius 2 is 0.847 bits per heavy atom. The van der Waals surface area contributed by atoms with E-state index in [1.807, 2.05) is 6.08 Å². The summed E-state index contributed by atoms with van der Waals surface area (Å²) in [6, 6.07) is -0.638. The molecule has 346 valence electrons. The van der Waals surface area contributed by atoms with Gasteiger partial charge in [-0.25, -0.2) is 0 Å². The van der Waals surface area contributed by atoms with E-state index in [1.165, 1.54) is 154 Å². The summed E-state index contributed by atoms with van der Waals surface area (Å²) in [7, 11) is 0. The van der Waals surface area contributed by atoms with Crippen LogP contribution in [0.1, 0.15) is 264 Å². The van der Waals surface area contributed by atoms with E-state index in [-0.39, 0.29) is 18.5 Å². The molecule has 1 amide bonds. The lowest BCUT2D eigenvalue weighted by Gasteiger charge is -2.20. The fourth-order valence-electron chi connectivity index (χ4n) is 7.66. The number of amides is 1. The topological polar surface area (TPSA) is 95.9 Å². The summed E-state index contributed by atoms with van der Waals surface area (Å²) < 4.78 is 5.44. The van der Waals surface area contributed by atoms with Crippen LogP contribution < -0.4 is 5.32 Å². The van der Waals surface area contributed by atoms with Crippen molar-refractivity contribution >= 4 is 11.9 Å². The minimum absolute atomic E-state index is 0.0156. The molecule has 0 aromatic heterocycles. The van der Waals surface area contributed by atoms with Gasteiger partial charge in [-0.15, -0.1) is 0 Å². The summed E-state index contributed by atoms with van der Waals surface area (Å²) in [6.07, 6.45) is 58.6. The van der Waals surface area contributed by atoms with Crippen LogP contribution in [-0.2, 0) is 14.3 Å². The van der Waals surface area contributed by atoms with Crippen LogP contribution in [0.3, 0.4) is 0 Å². The number of hydrogen-bond donors (Lipinski definition) is 3. The average Bonchev–Trinajstić information content (AvgIpc) is 3.24. The van der Waals surface area contributed by atoms with Gasteiger partial charge < -0.3 is 20.3 Å². The van der Waals surface area contributed by atoms with Gasteiger partial charge in [0.15, 0.2) is 0 Å². The molecular formula is C53H99NO5. The Morgan fingerprint density at radius 1 is 0.475 bits per heavy atom. The number of aliphatic hydroxyl groups is 2. The van der Waals surface area contributed by atoms with E-state index in [1.54, 1.807) is 6.08 Å². The van der Waals surface area contributed by atoms with Gasteiger partial charge in [-0.2, -0.15) is 0 Å². The molecule has 0 spiro atoms. The second-order valence-electron chi connectivity index (χ2n) is 17.5. The zero-order chi connectivity index (χ0) is 43.0. The fraction of sp³-hybridized carbons (Fsp3) is 0.849. The van der Waals surface area contributed by atoms with E-state index >= 15 is 0 Å². The number of esters is 1. The monoisotopic (exact) mass is 830 g/mol. The van der Waals surface area contributed by atoms with Crippen LogP contribution in [0.2, 0.25) is 0 Å². The van der Waals surface area contributed by atoms with Crippen LogP contribution in [-0.4, -0.2) is 47.4 Å². The second kappa shape index (κ2) is 48.7. The van der Waals surface area contributed by atoms with Crippen LogP contribution in [0.15, 0.2) is 36.5 Å². The van der Waals surface area contributed by atoms with Crippen molar-refractivity contribution in [3.8, 4) is 0 Å². The predicted octanol–water partition coefficient (Wildman–Crippen LogP) is 15.3. The Balaban J connectivity index is 3.53. The van der Waals surface area contributed by atoms with Crippen LogP contribution in [0.5, 0.6) is 0 Å². The Kier molecular flexibility index (Phi) is 47.2. The van der Waals surface area contributed by atoms with Crippen LogP contribution in [0.25, 0.3) is 0 Å². The van der Waals surface area contributed by atoms with Crippen molar-refractivity contribution in [1.29, 1.82) is 0 Å². The normalized spacial score (nSPS) is 12.9. The Labute approximate surface area is 366 Å². The van der Waals surface area contributed by atoms with E-state index in [0.29, 0.717) is 19.4 Å². The first-order valence-electron chi connectivity index (χ1n) is 25.8. The summed E-state index contributed by atoms with van der Waals surface area (Å²) in [5, 5.41) is 23.0. The summed E-state index contributed by atoms with van der Waals surface area (Å²) in [5.74, 6) is -0.101. The summed E-state index contributed by atoms with van der Waals surface area (Å²) in [4.78, 5) is 24.4. The maximum Gasteiger partial charge on any atom is 0.305 e. The van der Waals surface area contributed by atoms with Gasteiger partial charge in [0, 0.05) is 12.8 Å². The Bertz CT molecular complexity index is 962. The molecule has 0 saturated carbocycles. The van der Waals surface area contributed by atoms with Gasteiger partial charge in [0.2, 0.25) is 5.91 Å². The zero-order valence-corrected chi connectivity index (χ0v) is 39.2. The lowest BCUT2D eigenvalue weighted by Crippen LogP contribution is -2.45. The first-order chi connectivity index (χ1) is 29.0. The third kappa shape index (κ3) is 45.4. The molecule has 6 heteroatoms. The highest BCUT2D eigenvalue weighted by Crippen LogP contribution is 2.15. The van der Waals surface area contributed by atoms with Crippen molar-refractivity contribution in [3.63, 3.8) is 0 Å². The highest BCUT2D eigenvalue weighted by Gasteiger charge is 2.18. The van der Waals surface area contributed by atoms with Crippen molar-refractivity contribution in [2.75, 3.05) is 13.2 Å². The molecule has 2 atom stereocenters. The van der Waals surface area contributed by atoms with E-state index in [2.05, 4.69) is 43.5 Å². The van der Waals surface area contributed by atoms with Crippen molar-refractivity contribution in [2.24, 2.45) is 0 Å². The fourth-order valence-corrected chi connectivity index (χ4v) is 7.66. The quantitative estimate of drug-likeness (QED) is 0.0323. The third-order valence-corrected chi connectivity index (χ3v) is 11.7. The molecule has 0 aliphatic carbocycles. The maximum absolute atomic E-state index is 12.4. The molecule has 0 aromatic rings. The Morgan fingerprint density at radius 3 is 1.29 bits per heavy atom. The van der Waals surface area contributed by atoms with Crippen molar-refractivity contribution in [1.82, 2.24) is 5.32 Å². The molecule has 3 N–H and O–H groups in total. The SMILES string of the molecule is CCCCCCCCCCCC/C=C/C(O)C(CO)NC(=O)CCCCCCCCC/C=C\C/C=C\CCCCCOC(=O)CCCCCCCCCCCCCCC. The van der Waals surface area contributed by atoms with Gasteiger partial charge >= 0.3 is 5.97 Å². The number of allylic oxidation sites excluding steroid dienone is 5. The van der Waals surface area contributed by atoms with Gasteiger partial charge in [-0.05, 0) is 70.6 Å². The minimum atomic E-state index is -0.853. The third-order valence-electron chi connectivity index (χ3n) is 11.7. The number of ether oxygens (including phenoxy) is 1. The smallest absolute Gasteiger partial charge is 0.305 e. The Hall–Kier alpha value is -1.92. The van der Waals surface area contributed by atoms with E-state index in [0.717, 1.165) is 83.5 Å². The number of carbonyl (C=O) groups is 2. The standard InChI is InChI=1S/C53H99NO5/c1-3-5-7-9-11-13-15-22-27-31-35-39-43-47-53(58)59-48-44-40-36-32-28-24-21-19-17-18-20-23-26-30-34-38-42-46-52(57)54-50(49-55)51(56)45-41-37-33-29-25-16-14-12-10-8-6-4-2/h17,19,24,28,41,45,50-51,55-56H,3-16,18,20-23,25-27,29-40,42-44,46-49H2,1-2H3,(H,54,57)/b19-17-,28-24-,45-41+. The van der Waals surface area contributed by atoms with Gasteiger partial charge in [-0.1, -0.05) is 217 Å². The van der Waals surface area contributed by atoms with Crippen LogP contribution >= 0.6 is 0 Å². The summed E-state index contributed by atoms with van der Waals surface area (Å²) in [6.45, 7) is 4.84. The molecule has 2 unspecified atom stereocenters. The lowest BCUT2D eigenvalue weighted by molar-refractivity contribution is -0.143. The molecule has 6 nitrogen and oxygen atoms in total. The first kappa shape index (κ1) is 57.1. The van der Waals surface area contributed by atoms with E-state index in [9.17, 15) is 19.8 Å². The summed E-state index contributed by atoms with van der Waals surface area (Å²) in [5.41, 5.74) is 0. The summed E-state index contributed by atoms with van der Waals surface area (Å²) >= 11 is 0. The maximum atomic E-state index is 12.4. The molecule has 0 heterocycles. The average molecular weight is 830 g/mol. The number of hydrogen-bond acceptors (Lipinski definition) is 5. The van der Waals surface area contributed by atoms with Gasteiger partial charge in [0.1, 0.15) is 0 Å². The van der Waals surface area contributed by atoms with E-state index < -0.39 is 12.1 Å². The van der Waals surface area contributed by atoms with Crippen molar-refractivity contribution in [2.45, 2.75) is 276 Å². The molecular weight excluding hydrogens is 731 g/mol.